The maximum Gasteiger partial charge on any atom is 0.316 e. The fraction of sp³-hybridized carbons (Fsp3) is 0.417. The number of oxazole rings is 1. The highest BCUT2D eigenvalue weighted by Crippen LogP contribution is 2.22. The van der Waals surface area contributed by atoms with Gasteiger partial charge >= 0.3 is 5.22 Å². The van der Waals surface area contributed by atoms with E-state index < -0.39 is 9.84 Å². The standard InChI is InChI=1S/C12H16N2O3S2/c1-2-18-6-3-7-19(15,16)12-14-10-8-9(13)4-5-11(10)17-12/h4-5,8H,2-3,6-7,13H2,1H3. The van der Waals surface area contributed by atoms with Gasteiger partial charge in [-0.25, -0.2) is 8.42 Å². The number of anilines is 1. The fourth-order valence-electron chi connectivity index (χ4n) is 1.64. The van der Waals surface area contributed by atoms with Crippen molar-refractivity contribution in [3.63, 3.8) is 0 Å². The van der Waals surface area contributed by atoms with Gasteiger partial charge in [-0.2, -0.15) is 16.7 Å². The summed E-state index contributed by atoms with van der Waals surface area (Å²) in [5.41, 5.74) is 7.07. The summed E-state index contributed by atoms with van der Waals surface area (Å²) in [5, 5.41) is -0.213. The SMILES string of the molecule is CCSCCCS(=O)(=O)c1nc2cc(N)ccc2o1. The monoisotopic (exact) mass is 300 g/mol. The van der Waals surface area contributed by atoms with Gasteiger partial charge in [0.2, 0.25) is 9.84 Å². The van der Waals surface area contributed by atoms with E-state index >= 15 is 0 Å². The van der Waals surface area contributed by atoms with Crippen molar-refractivity contribution >= 4 is 38.4 Å². The highest BCUT2D eigenvalue weighted by atomic mass is 32.2. The highest BCUT2D eigenvalue weighted by Gasteiger charge is 2.21. The van der Waals surface area contributed by atoms with Crippen molar-refractivity contribution < 1.29 is 12.8 Å². The van der Waals surface area contributed by atoms with Crippen molar-refractivity contribution in [3.05, 3.63) is 18.2 Å². The van der Waals surface area contributed by atoms with Crippen LogP contribution < -0.4 is 5.73 Å². The molecule has 0 aliphatic heterocycles. The number of aromatic nitrogens is 1. The average Bonchev–Trinajstić information content (AvgIpc) is 2.78. The molecule has 104 valence electrons. The molecule has 1 aromatic heterocycles. The molecular formula is C12H16N2O3S2. The van der Waals surface area contributed by atoms with Gasteiger partial charge < -0.3 is 10.2 Å². The first-order chi connectivity index (χ1) is 9.03. The third-order valence-electron chi connectivity index (χ3n) is 2.56. The van der Waals surface area contributed by atoms with Gasteiger partial charge in [-0.3, -0.25) is 0 Å². The van der Waals surface area contributed by atoms with E-state index in [1.54, 1.807) is 30.0 Å². The van der Waals surface area contributed by atoms with Crippen molar-refractivity contribution in [1.29, 1.82) is 0 Å². The summed E-state index contributed by atoms with van der Waals surface area (Å²) in [6, 6.07) is 4.89. The van der Waals surface area contributed by atoms with Crippen LogP contribution in [0.1, 0.15) is 13.3 Å². The minimum absolute atomic E-state index is 0.0578. The van der Waals surface area contributed by atoms with Crippen LogP contribution >= 0.6 is 11.8 Å². The molecule has 5 nitrogen and oxygen atoms in total. The molecule has 0 fully saturated rings. The number of nitrogens with two attached hydrogens (primary N) is 1. The van der Waals surface area contributed by atoms with Crippen LogP contribution in [-0.4, -0.2) is 30.7 Å². The third-order valence-corrected chi connectivity index (χ3v) is 5.08. The summed E-state index contributed by atoms with van der Waals surface area (Å²) in [5.74, 6) is 1.87. The van der Waals surface area contributed by atoms with E-state index in [-0.39, 0.29) is 11.0 Å². The largest absolute Gasteiger partial charge is 0.428 e. The second kappa shape index (κ2) is 5.83. The zero-order chi connectivity index (χ0) is 13.9. The van der Waals surface area contributed by atoms with E-state index in [1.807, 2.05) is 6.92 Å². The fourth-order valence-corrected chi connectivity index (χ4v) is 3.61. The zero-order valence-corrected chi connectivity index (χ0v) is 12.3. The summed E-state index contributed by atoms with van der Waals surface area (Å²) < 4.78 is 29.4. The maximum absolute atomic E-state index is 12.1. The Hall–Kier alpha value is -1.21. The Balaban J connectivity index is 2.18. The van der Waals surface area contributed by atoms with E-state index in [1.165, 1.54) is 0 Å². The predicted octanol–water partition coefficient (Wildman–Crippen LogP) is 2.33. The van der Waals surface area contributed by atoms with Crippen LogP contribution in [0.4, 0.5) is 5.69 Å². The van der Waals surface area contributed by atoms with Crippen molar-refractivity contribution in [3.8, 4) is 0 Å². The highest BCUT2D eigenvalue weighted by molar-refractivity contribution is 7.99. The Morgan fingerprint density at radius 3 is 2.95 bits per heavy atom. The van der Waals surface area contributed by atoms with Gasteiger partial charge in [0.05, 0.1) is 5.75 Å². The molecule has 0 aliphatic rings. The number of nitrogens with zero attached hydrogens (tertiary/aromatic N) is 1. The van der Waals surface area contributed by atoms with E-state index in [4.69, 9.17) is 10.2 Å². The minimum Gasteiger partial charge on any atom is -0.428 e. The van der Waals surface area contributed by atoms with Gasteiger partial charge in [0.25, 0.3) is 0 Å². The Kier molecular flexibility index (Phi) is 4.36. The minimum atomic E-state index is -3.45. The normalized spacial score (nSPS) is 12.1. The summed E-state index contributed by atoms with van der Waals surface area (Å²) >= 11 is 1.72. The Morgan fingerprint density at radius 1 is 1.42 bits per heavy atom. The van der Waals surface area contributed by atoms with Crippen LogP contribution in [0.3, 0.4) is 0 Å². The number of fused-ring (bicyclic) bond motifs is 1. The topological polar surface area (TPSA) is 86.2 Å². The summed E-state index contributed by atoms with van der Waals surface area (Å²) in [7, 11) is -3.45. The Morgan fingerprint density at radius 2 is 2.21 bits per heavy atom. The number of hydrogen-bond acceptors (Lipinski definition) is 6. The predicted molar refractivity (Wildman–Crippen MR) is 78.1 cm³/mol. The maximum atomic E-state index is 12.1. The molecule has 0 amide bonds. The van der Waals surface area contributed by atoms with Crippen molar-refractivity contribution in [2.75, 3.05) is 23.0 Å². The molecule has 7 heteroatoms. The van der Waals surface area contributed by atoms with Crippen LogP contribution in [-0.2, 0) is 9.84 Å². The van der Waals surface area contributed by atoms with Gasteiger partial charge in [-0.1, -0.05) is 6.92 Å². The average molecular weight is 300 g/mol. The molecule has 0 unspecified atom stereocenters. The van der Waals surface area contributed by atoms with E-state index in [0.717, 1.165) is 11.5 Å². The number of sulfone groups is 1. The number of nitrogen functional groups attached to an aromatic ring is 1. The summed E-state index contributed by atoms with van der Waals surface area (Å²) in [4.78, 5) is 4.00. The number of thioether (sulfide) groups is 1. The van der Waals surface area contributed by atoms with Crippen molar-refractivity contribution in [1.82, 2.24) is 4.98 Å². The van der Waals surface area contributed by atoms with Gasteiger partial charge in [-0.05, 0) is 36.1 Å². The quantitative estimate of drug-likeness (QED) is 0.651. The molecular weight excluding hydrogens is 284 g/mol. The first-order valence-electron chi connectivity index (χ1n) is 5.99. The number of benzene rings is 1. The molecule has 1 aromatic carbocycles. The van der Waals surface area contributed by atoms with Crippen molar-refractivity contribution in [2.45, 2.75) is 18.6 Å². The van der Waals surface area contributed by atoms with E-state index in [0.29, 0.717) is 23.2 Å². The zero-order valence-electron chi connectivity index (χ0n) is 10.6. The number of hydrogen-bond donors (Lipinski definition) is 1. The third kappa shape index (κ3) is 3.42. The van der Waals surface area contributed by atoms with Gasteiger partial charge in [0, 0.05) is 5.69 Å². The molecule has 19 heavy (non-hydrogen) atoms. The van der Waals surface area contributed by atoms with Crippen LogP contribution in [0.25, 0.3) is 11.1 Å². The molecule has 2 N–H and O–H groups in total. The van der Waals surface area contributed by atoms with E-state index in [2.05, 4.69) is 4.98 Å². The first-order valence-corrected chi connectivity index (χ1v) is 8.80. The Bertz CT molecular complexity index is 665. The lowest BCUT2D eigenvalue weighted by molar-refractivity contribution is 0.458. The molecule has 1 heterocycles. The molecule has 2 aromatic rings. The van der Waals surface area contributed by atoms with Gasteiger partial charge in [0.15, 0.2) is 5.58 Å². The second-order valence-corrected chi connectivity index (χ2v) is 7.46. The van der Waals surface area contributed by atoms with Crippen molar-refractivity contribution in [2.24, 2.45) is 0 Å². The molecule has 0 aliphatic carbocycles. The molecule has 0 saturated carbocycles. The second-order valence-electron chi connectivity index (χ2n) is 4.08. The van der Waals surface area contributed by atoms with Crippen LogP contribution in [0.15, 0.2) is 27.8 Å². The smallest absolute Gasteiger partial charge is 0.316 e. The van der Waals surface area contributed by atoms with Crippen LogP contribution in [0.5, 0.6) is 0 Å². The lowest BCUT2D eigenvalue weighted by Crippen LogP contribution is -2.08. The molecule has 0 saturated heterocycles. The summed E-state index contributed by atoms with van der Waals surface area (Å²) in [6.07, 6.45) is 0.599. The van der Waals surface area contributed by atoms with Crippen LogP contribution in [0.2, 0.25) is 0 Å². The van der Waals surface area contributed by atoms with Gasteiger partial charge in [-0.15, -0.1) is 0 Å². The number of rotatable bonds is 6. The van der Waals surface area contributed by atoms with Gasteiger partial charge in [0.1, 0.15) is 5.52 Å². The molecule has 2 rings (SSSR count). The lowest BCUT2D eigenvalue weighted by atomic mass is 10.3. The van der Waals surface area contributed by atoms with E-state index in [9.17, 15) is 8.42 Å². The molecule has 0 atom stereocenters. The lowest BCUT2D eigenvalue weighted by Gasteiger charge is -1.99. The summed E-state index contributed by atoms with van der Waals surface area (Å²) in [6.45, 7) is 2.05. The molecule has 0 radical (unpaired) electrons. The Labute approximate surface area is 116 Å². The van der Waals surface area contributed by atoms with Crippen LogP contribution in [0, 0.1) is 0 Å². The molecule has 0 spiro atoms. The first kappa shape index (κ1) is 14.2. The molecule has 0 bridgehead atoms.